The molecule has 0 amide bonds. The van der Waals surface area contributed by atoms with Gasteiger partial charge in [0.05, 0.1) is 28.4 Å². The van der Waals surface area contributed by atoms with Gasteiger partial charge < -0.3 is 33.5 Å². The van der Waals surface area contributed by atoms with Crippen LogP contribution in [0.4, 0.5) is 68.2 Å². The van der Waals surface area contributed by atoms with E-state index in [2.05, 4.69) is 304 Å². The van der Waals surface area contributed by atoms with Crippen LogP contribution in [0.2, 0.25) is 0 Å². The van der Waals surface area contributed by atoms with Crippen molar-refractivity contribution in [2.24, 2.45) is 0 Å². The normalized spacial score (nSPS) is 13.0. The van der Waals surface area contributed by atoms with Crippen LogP contribution in [0.25, 0.3) is 31.5 Å². The molecule has 11 heteroatoms. The Hall–Kier alpha value is -10.5. The molecule has 4 aliphatic rings. The molecular weight excluding hydrogens is 1150 g/mol. The van der Waals surface area contributed by atoms with Crippen molar-refractivity contribution < 1.29 is 13.9 Å². The molecule has 0 fully saturated rings. The van der Waals surface area contributed by atoms with Crippen LogP contribution in [0.15, 0.2) is 247 Å². The van der Waals surface area contributed by atoms with Gasteiger partial charge in [-0.15, -0.1) is 11.3 Å². The number of rotatable bonds is 9. The number of hydrogen-bond donors (Lipinski definition) is 0. The van der Waals surface area contributed by atoms with Gasteiger partial charge in [0.1, 0.15) is 28.8 Å². The first-order valence-corrected chi connectivity index (χ1v) is 32.8. The number of aryl methyl sites for hydroxylation is 5. The molecule has 18 rings (SSSR count). The van der Waals surface area contributed by atoms with E-state index in [1.54, 1.807) is 11.3 Å². The lowest BCUT2D eigenvalue weighted by Crippen LogP contribution is -2.59. The maximum Gasteiger partial charge on any atom is 0.301 e. The second-order valence-corrected chi connectivity index (χ2v) is 27.0. The van der Waals surface area contributed by atoms with Crippen molar-refractivity contribution in [1.29, 1.82) is 0 Å². The fraction of sp³-hybridized carbons (Fsp3) is 0.0750. The first-order valence-electron chi connectivity index (χ1n) is 31.2. The van der Waals surface area contributed by atoms with E-state index in [1.807, 2.05) is 11.3 Å². The van der Waals surface area contributed by atoms with Gasteiger partial charge in [-0.2, -0.15) is 11.3 Å². The SMILES string of the molecule is Cc1ccc(C)c(N2c3cc(-c4ccccc4)oc3B3c4cc5c(cc4Oc4cc(N(c6ccccc6)c6ccccc6)cc2c43)sc2cc3c(cc25)B2c4sc(C)c(C)c4N(c4cc(C)ccc4C)c4cc(N(c5ccccc5)c5ccccc5)cc(c42)O3)c1. The molecule has 0 saturated heterocycles. The number of anilines is 12. The fourth-order valence-corrected chi connectivity index (χ4v) is 17.1. The van der Waals surface area contributed by atoms with E-state index in [-0.39, 0.29) is 13.4 Å². The monoisotopic (exact) mass is 1210 g/mol. The molecule has 434 valence electrons. The van der Waals surface area contributed by atoms with E-state index in [4.69, 9.17) is 13.9 Å². The number of hydrogen-bond acceptors (Lipinski definition) is 9. The number of nitrogens with zero attached hydrogens (tertiary/aromatic N) is 4. The summed E-state index contributed by atoms with van der Waals surface area (Å²) in [4.78, 5) is 11.0. The third-order valence-corrected chi connectivity index (χ3v) is 21.4. The Kier molecular flexibility index (Phi) is 12.1. The van der Waals surface area contributed by atoms with Crippen molar-refractivity contribution in [3.8, 4) is 34.3 Å². The summed E-state index contributed by atoms with van der Waals surface area (Å²) in [5, 5.41) is 2.36. The zero-order chi connectivity index (χ0) is 60.9. The molecule has 0 N–H and O–H groups in total. The second-order valence-electron chi connectivity index (χ2n) is 24.7. The molecule has 14 aromatic rings. The third-order valence-electron chi connectivity index (χ3n) is 19.0. The van der Waals surface area contributed by atoms with E-state index in [9.17, 15) is 0 Å². The molecule has 11 aromatic carbocycles. The van der Waals surface area contributed by atoms with Gasteiger partial charge >= 0.3 is 6.71 Å². The Morgan fingerprint density at radius 3 is 1.33 bits per heavy atom. The van der Waals surface area contributed by atoms with E-state index in [0.717, 1.165) is 128 Å². The summed E-state index contributed by atoms with van der Waals surface area (Å²) in [7, 11) is 0. The quantitative estimate of drug-likeness (QED) is 0.133. The van der Waals surface area contributed by atoms with Crippen LogP contribution < -0.4 is 61.4 Å². The van der Waals surface area contributed by atoms with E-state index >= 15 is 0 Å². The Morgan fingerprint density at radius 2 is 0.824 bits per heavy atom. The van der Waals surface area contributed by atoms with Gasteiger partial charge in [0.2, 0.25) is 0 Å². The lowest BCUT2D eigenvalue weighted by Gasteiger charge is -2.40. The molecular formula is C80H58B2N4O3S2. The van der Waals surface area contributed by atoms with E-state index < -0.39 is 0 Å². The number of furan rings is 1. The molecule has 7 nitrogen and oxygen atoms in total. The third kappa shape index (κ3) is 8.34. The highest BCUT2D eigenvalue weighted by Gasteiger charge is 2.48. The van der Waals surface area contributed by atoms with Gasteiger partial charge in [-0.3, -0.25) is 0 Å². The van der Waals surface area contributed by atoms with Gasteiger partial charge in [-0.1, -0.05) is 140 Å². The van der Waals surface area contributed by atoms with Crippen LogP contribution in [0.3, 0.4) is 0 Å². The molecule has 0 unspecified atom stereocenters. The molecule has 7 heterocycles. The lowest BCUT2D eigenvalue weighted by molar-refractivity contribution is 0.488. The van der Waals surface area contributed by atoms with Crippen LogP contribution in [-0.4, -0.2) is 13.4 Å². The standard InChI is InChI=1S/C80H58B2N4O3S2/c1-47-32-34-49(3)64(36-47)85-66-38-58(83(54-24-14-8-15-25-54)55-26-16-9-17-27-55)40-72-76(66)81(79-68(85)44-69(89-79)53-22-12-7-13-23-53)62-42-60-61-43-63-71(46-75(61)91-74(60)45-70(62)87-72)88-73-41-59(84(56-28-18-10-19-29-56)57-30-20-11-21-31-57)39-67-77(73)82(63)80-78(51(5)52(6)90-80)86(67)65-37-48(2)33-35-50(65)4/h7-46H,1-6H3. The van der Waals surface area contributed by atoms with E-state index in [0.29, 0.717) is 0 Å². The summed E-state index contributed by atoms with van der Waals surface area (Å²) >= 11 is 3.71. The zero-order valence-corrected chi connectivity index (χ0v) is 52.7. The maximum atomic E-state index is 7.53. The molecule has 91 heavy (non-hydrogen) atoms. The summed E-state index contributed by atoms with van der Waals surface area (Å²) in [6, 6.07) is 87.9. The topological polar surface area (TPSA) is 44.6 Å². The first-order chi connectivity index (χ1) is 44.6. The van der Waals surface area contributed by atoms with Gasteiger partial charge in [0.25, 0.3) is 6.71 Å². The minimum Gasteiger partial charge on any atom is -0.468 e. The second kappa shape index (κ2) is 20.5. The van der Waals surface area contributed by atoms with Crippen LogP contribution in [0.1, 0.15) is 32.7 Å². The van der Waals surface area contributed by atoms with Crippen LogP contribution in [-0.2, 0) is 0 Å². The average Bonchev–Trinajstić information content (AvgIpc) is 1.69. The molecule has 0 bridgehead atoms. The van der Waals surface area contributed by atoms with Gasteiger partial charge in [0, 0.05) is 105 Å². The average molecular weight is 1210 g/mol. The summed E-state index contributed by atoms with van der Waals surface area (Å²) in [5.74, 6) is 4.15. The highest BCUT2D eigenvalue weighted by Crippen LogP contribution is 2.52. The predicted molar refractivity (Wildman–Crippen MR) is 384 cm³/mol. The zero-order valence-electron chi connectivity index (χ0n) is 51.1. The molecule has 0 radical (unpaired) electrons. The summed E-state index contributed by atoms with van der Waals surface area (Å²) in [6.45, 7) is 13.0. The molecule has 0 atom stereocenters. The van der Waals surface area contributed by atoms with Crippen LogP contribution in [0, 0.1) is 41.5 Å². The van der Waals surface area contributed by atoms with Gasteiger partial charge in [-0.25, -0.2) is 0 Å². The maximum absolute atomic E-state index is 7.53. The largest absolute Gasteiger partial charge is 0.468 e. The minimum atomic E-state index is -0.317. The molecule has 4 aliphatic heterocycles. The Labute approximate surface area is 538 Å². The van der Waals surface area contributed by atoms with Crippen molar-refractivity contribution in [2.45, 2.75) is 41.5 Å². The fourth-order valence-electron chi connectivity index (χ4n) is 14.7. The highest BCUT2D eigenvalue weighted by molar-refractivity contribution is 7.29. The van der Waals surface area contributed by atoms with Crippen molar-refractivity contribution in [1.82, 2.24) is 0 Å². The Morgan fingerprint density at radius 1 is 0.374 bits per heavy atom. The van der Waals surface area contributed by atoms with Crippen molar-refractivity contribution >= 4 is 157 Å². The van der Waals surface area contributed by atoms with Gasteiger partial charge in [0.15, 0.2) is 0 Å². The van der Waals surface area contributed by atoms with Crippen molar-refractivity contribution in [3.63, 3.8) is 0 Å². The first kappa shape index (κ1) is 53.6. The van der Waals surface area contributed by atoms with Crippen LogP contribution in [0.5, 0.6) is 23.0 Å². The number of ether oxygens (including phenoxy) is 2. The Bertz CT molecular complexity index is 5220. The molecule has 0 saturated carbocycles. The minimum absolute atomic E-state index is 0.106. The van der Waals surface area contributed by atoms with E-state index in [1.165, 1.54) is 59.5 Å². The Balaban J connectivity index is 0.866. The number of fused-ring (bicyclic) bond motifs is 11. The lowest BCUT2D eigenvalue weighted by atomic mass is 9.36. The highest BCUT2D eigenvalue weighted by atomic mass is 32.1. The molecule has 3 aromatic heterocycles. The summed E-state index contributed by atoms with van der Waals surface area (Å²) < 4.78 is 26.1. The predicted octanol–water partition coefficient (Wildman–Crippen LogP) is 19.0. The molecule has 0 aliphatic carbocycles. The number of benzene rings is 11. The smallest absolute Gasteiger partial charge is 0.301 e. The summed E-state index contributed by atoms with van der Waals surface area (Å²) in [5.41, 5.74) is 25.3. The van der Waals surface area contributed by atoms with Crippen molar-refractivity contribution in [3.05, 3.63) is 275 Å². The number of para-hydroxylation sites is 4. The summed E-state index contributed by atoms with van der Waals surface area (Å²) in [6.07, 6.45) is 0. The molecule has 0 spiro atoms. The number of thiophene rings is 2. The van der Waals surface area contributed by atoms with Crippen LogP contribution >= 0.6 is 22.7 Å². The van der Waals surface area contributed by atoms with Gasteiger partial charge in [-0.05, 0) is 171 Å². The van der Waals surface area contributed by atoms with Crippen molar-refractivity contribution in [2.75, 3.05) is 19.6 Å².